The first-order valence-electron chi connectivity index (χ1n) is 9.80. The molecule has 1 amide bonds. The third kappa shape index (κ3) is 5.99. The van der Waals surface area contributed by atoms with Crippen LogP contribution in [-0.4, -0.2) is 23.9 Å². The number of hydrogen-bond acceptors (Lipinski definition) is 2. The molecule has 1 aliphatic heterocycles. The minimum Gasteiger partial charge on any atom is -0.352 e. The monoisotopic (exact) mass is 350 g/mol. The first-order valence-corrected chi connectivity index (χ1v) is 9.80. The molecule has 0 unspecified atom stereocenters. The molecule has 1 fully saturated rings. The normalized spacial score (nSPS) is 15.7. The van der Waals surface area contributed by atoms with Crippen LogP contribution < -0.4 is 5.32 Å². The molecule has 1 heterocycles. The molecule has 0 aromatic heterocycles. The molecule has 0 radical (unpaired) electrons. The zero-order valence-corrected chi connectivity index (χ0v) is 15.8. The van der Waals surface area contributed by atoms with Crippen LogP contribution in [0.15, 0.2) is 54.6 Å². The van der Waals surface area contributed by atoms with E-state index in [1.807, 2.05) is 18.2 Å². The molecule has 1 aliphatic rings. The van der Waals surface area contributed by atoms with Crippen molar-refractivity contribution in [2.75, 3.05) is 13.1 Å². The van der Waals surface area contributed by atoms with Crippen molar-refractivity contribution in [2.45, 2.75) is 45.7 Å². The van der Waals surface area contributed by atoms with Crippen LogP contribution in [0.3, 0.4) is 0 Å². The van der Waals surface area contributed by atoms with Gasteiger partial charge in [0.2, 0.25) is 5.91 Å². The Morgan fingerprint density at radius 1 is 0.962 bits per heavy atom. The van der Waals surface area contributed by atoms with E-state index in [-0.39, 0.29) is 5.91 Å². The minimum absolute atomic E-state index is 0.111. The first-order chi connectivity index (χ1) is 12.7. The molecule has 2 aromatic rings. The van der Waals surface area contributed by atoms with Crippen LogP contribution in [0.4, 0.5) is 0 Å². The number of hydrogen-bond donors (Lipinski definition) is 1. The number of carbonyl (C=O) groups is 1. The smallest absolute Gasteiger partial charge is 0.220 e. The van der Waals surface area contributed by atoms with Gasteiger partial charge in [-0.3, -0.25) is 9.69 Å². The molecule has 3 nitrogen and oxygen atoms in total. The second-order valence-electron chi connectivity index (χ2n) is 7.54. The van der Waals surface area contributed by atoms with Crippen molar-refractivity contribution in [3.05, 3.63) is 71.3 Å². The summed E-state index contributed by atoms with van der Waals surface area (Å²) in [6, 6.07) is 18.8. The van der Waals surface area contributed by atoms with Crippen LogP contribution in [0, 0.1) is 5.92 Å². The zero-order chi connectivity index (χ0) is 18.2. The fraction of sp³-hybridized carbons (Fsp3) is 0.435. The Hall–Kier alpha value is -2.13. The van der Waals surface area contributed by atoms with Crippen LogP contribution in [-0.2, 0) is 24.3 Å². The van der Waals surface area contributed by atoms with E-state index >= 15 is 0 Å². The number of nitrogens with zero attached hydrogens (tertiary/aromatic N) is 1. The lowest BCUT2D eigenvalue weighted by Crippen LogP contribution is -2.32. The fourth-order valence-corrected chi connectivity index (χ4v) is 3.43. The van der Waals surface area contributed by atoms with E-state index in [1.54, 1.807) is 0 Å². The molecule has 26 heavy (non-hydrogen) atoms. The summed E-state index contributed by atoms with van der Waals surface area (Å²) in [5.74, 6) is 0.986. The van der Waals surface area contributed by atoms with Gasteiger partial charge in [-0.2, -0.15) is 0 Å². The number of aryl methyl sites for hydroxylation is 1. The number of carbonyl (C=O) groups excluding carboxylic acids is 1. The highest BCUT2D eigenvalue weighted by Gasteiger charge is 2.15. The lowest BCUT2D eigenvalue weighted by molar-refractivity contribution is -0.121. The second-order valence-corrected chi connectivity index (χ2v) is 7.54. The molecule has 138 valence electrons. The molecule has 3 rings (SSSR count). The summed E-state index contributed by atoms with van der Waals surface area (Å²) in [4.78, 5) is 14.6. The highest BCUT2D eigenvalue weighted by Crippen LogP contribution is 2.18. The minimum atomic E-state index is 0.111. The summed E-state index contributed by atoms with van der Waals surface area (Å²) in [6.07, 6.45) is 3.95. The highest BCUT2D eigenvalue weighted by atomic mass is 16.1. The number of nitrogens with one attached hydrogen (secondary N) is 1. The predicted molar refractivity (Wildman–Crippen MR) is 107 cm³/mol. The highest BCUT2D eigenvalue weighted by molar-refractivity contribution is 5.76. The summed E-state index contributed by atoms with van der Waals surface area (Å²) in [6.45, 7) is 6.41. The van der Waals surface area contributed by atoms with E-state index in [9.17, 15) is 4.79 Å². The van der Waals surface area contributed by atoms with Crippen molar-refractivity contribution in [1.82, 2.24) is 10.2 Å². The predicted octanol–water partition coefficient (Wildman–Crippen LogP) is 4.17. The molecule has 0 atom stereocenters. The fourth-order valence-electron chi connectivity index (χ4n) is 3.43. The Kier molecular flexibility index (Phi) is 6.84. The van der Waals surface area contributed by atoms with Crippen LogP contribution in [0.2, 0.25) is 0 Å². The largest absolute Gasteiger partial charge is 0.352 e. The van der Waals surface area contributed by atoms with E-state index in [4.69, 9.17) is 0 Å². The zero-order valence-electron chi connectivity index (χ0n) is 15.8. The van der Waals surface area contributed by atoms with E-state index in [0.29, 0.717) is 13.0 Å². The van der Waals surface area contributed by atoms with Gasteiger partial charge in [-0.15, -0.1) is 0 Å². The molecule has 0 spiro atoms. The molecule has 2 aromatic carbocycles. The van der Waals surface area contributed by atoms with Crippen LogP contribution in [0.25, 0.3) is 0 Å². The van der Waals surface area contributed by atoms with Gasteiger partial charge in [-0.05, 0) is 55.0 Å². The molecule has 3 heteroatoms. The summed E-state index contributed by atoms with van der Waals surface area (Å²) in [5, 5.41) is 3.03. The van der Waals surface area contributed by atoms with Crippen molar-refractivity contribution in [3.63, 3.8) is 0 Å². The summed E-state index contributed by atoms with van der Waals surface area (Å²) in [7, 11) is 0. The van der Waals surface area contributed by atoms with Crippen molar-refractivity contribution < 1.29 is 4.79 Å². The standard InChI is InChI=1S/C23H30N2O/c1-19-13-15-25(16-14-19)18-22-9-7-21(8-10-22)17-24-23(26)12-11-20-5-3-2-4-6-20/h2-10,19H,11-18H2,1H3,(H,24,26). The summed E-state index contributed by atoms with van der Waals surface area (Å²) >= 11 is 0. The van der Waals surface area contributed by atoms with Crippen molar-refractivity contribution >= 4 is 5.91 Å². The van der Waals surface area contributed by atoms with Gasteiger partial charge < -0.3 is 5.32 Å². The molecule has 1 saturated heterocycles. The Bertz CT molecular complexity index is 673. The third-order valence-electron chi connectivity index (χ3n) is 5.28. The quantitative estimate of drug-likeness (QED) is 0.813. The van der Waals surface area contributed by atoms with E-state index in [1.165, 1.54) is 37.1 Å². The van der Waals surface area contributed by atoms with Gasteiger partial charge in [0.1, 0.15) is 0 Å². The lowest BCUT2D eigenvalue weighted by atomic mass is 9.99. The van der Waals surface area contributed by atoms with Gasteiger partial charge in [0.25, 0.3) is 0 Å². The maximum Gasteiger partial charge on any atom is 0.220 e. The number of amides is 1. The summed E-state index contributed by atoms with van der Waals surface area (Å²) < 4.78 is 0. The van der Waals surface area contributed by atoms with Gasteiger partial charge in [0.15, 0.2) is 0 Å². The average molecular weight is 351 g/mol. The number of likely N-dealkylation sites (tertiary alicyclic amines) is 1. The van der Waals surface area contributed by atoms with Gasteiger partial charge in [0.05, 0.1) is 0 Å². The summed E-state index contributed by atoms with van der Waals surface area (Å²) in [5.41, 5.74) is 3.73. The van der Waals surface area contributed by atoms with Gasteiger partial charge >= 0.3 is 0 Å². The number of piperidine rings is 1. The lowest BCUT2D eigenvalue weighted by Gasteiger charge is -2.30. The topological polar surface area (TPSA) is 32.3 Å². The number of benzene rings is 2. The van der Waals surface area contributed by atoms with Crippen LogP contribution in [0.1, 0.15) is 42.9 Å². The van der Waals surface area contributed by atoms with E-state index in [0.717, 1.165) is 24.4 Å². The maximum atomic E-state index is 12.0. The van der Waals surface area contributed by atoms with Crippen LogP contribution in [0.5, 0.6) is 0 Å². The second kappa shape index (κ2) is 9.54. The molecular weight excluding hydrogens is 320 g/mol. The molecule has 0 saturated carbocycles. The molecule has 0 bridgehead atoms. The van der Waals surface area contributed by atoms with Crippen LogP contribution >= 0.6 is 0 Å². The van der Waals surface area contributed by atoms with Gasteiger partial charge in [0, 0.05) is 19.5 Å². The molecular formula is C23H30N2O. The Balaban J connectivity index is 1.39. The van der Waals surface area contributed by atoms with Gasteiger partial charge in [-0.25, -0.2) is 0 Å². The van der Waals surface area contributed by atoms with Crippen molar-refractivity contribution in [1.29, 1.82) is 0 Å². The van der Waals surface area contributed by atoms with Gasteiger partial charge in [-0.1, -0.05) is 61.5 Å². The number of rotatable bonds is 7. The molecule has 0 aliphatic carbocycles. The van der Waals surface area contributed by atoms with E-state index < -0.39 is 0 Å². The average Bonchev–Trinajstić information content (AvgIpc) is 2.68. The maximum absolute atomic E-state index is 12.0. The third-order valence-corrected chi connectivity index (χ3v) is 5.28. The Labute approximate surface area is 157 Å². The van der Waals surface area contributed by atoms with Crippen molar-refractivity contribution in [3.8, 4) is 0 Å². The SMILES string of the molecule is CC1CCN(Cc2ccc(CNC(=O)CCc3ccccc3)cc2)CC1. The Morgan fingerprint density at radius 3 is 2.31 bits per heavy atom. The molecule has 1 N–H and O–H groups in total. The Morgan fingerprint density at radius 2 is 1.62 bits per heavy atom. The van der Waals surface area contributed by atoms with Crippen molar-refractivity contribution in [2.24, 2.45) is 5.92 Å². The first kappa shape index (κ1) is 18.7. The van der Waals surface area contributed by atoms with E-state index in [2.05, 4.69) is 53.5 Å².